The first-order chi connectivity index (χ1) is 9.60. The van der Waals surface area contributed by atoms with Gasteiger partial charge in [0, 0.05) is 19.1 Å². The van der Waals surface area contributed by atoms with Crippen molar-refractivity contribution >= 4 is 5.91 Å². The van der Waals surface area contributed by atoms with Crippen molar-refractivity contribution in [1.82, 2.24) is 4.90 Å². The molecule has 4 heteroatoms. The Bertz CT molecular complexity index is 462. The summed E-state index contributed by atoms with van der Waals surface area (Å²) < 4.78 is 5.59. The lowest BCUT2D eigenvalue weighted by molar-refractivity contribution is -0.137. The average molecular weight is 276 g/mol. The van der Waals surface area contributed by atoms with E-state index in [1.807, 2.05) is 36.1 Å². The van der Waals surface area contributed by atoms with Gasteiger partial charge in [-0.3, -0.25) is 4.79 Å². The Morgan fingerprint density at radius 3 is 3.00 bits per heavy atom. The van der Waals surface area contributed by atoms with E-state index in [1.165, 1.54) is 0 Å². The molecule has 1 aromatic rings. The zero-order chi connectivity index (χ0) is 14.5. The van der Waals surface area contributed by atoms with E-state index in [0.717, 1.165) is 30.7 Å². The molecule has 0 bridgehead atoms. The largest absolute Gasteiger partial charge is 0.484 e. The Labute approximate surface area is 120 Å². The number of amides is 1. The highest BCUT2D eigenvalue weighted by molar-refractivity contribution is 5.78. The molecule has 1 aliphatic rings. The molecule has 1 aliphatic heterocycles. The van der Waals surface area contributed by atoms with Crippen molar-refractivity contribution < 1.29 is 9.53 Å². The smallest absolute Gasteiger partial charge is 0.260 e. The summed E-state index contributed by atoms with van der Waals surface area (Å²) in [5.74, 6) is 1.42. The highest BCUT2D eigenvalue weighted by Gasteiger charge is 2.28. The molecule has 1 amide bonds. The molecule has 0 radical (unpaired) electrons. The molecule has 1 saturated heterocycles. The van der Waals surface area contributed by atoms with Gasteiger partial charge >= 0.3 is 0 Å². The fraction of sp³-hybridized carbons (Fsp3) is 0.562. The Morgan fingerprint density at radius 1 is 1.50 bits per heavy atom. The Hall–Kier alpha value is -1.55. The molecule has 2 N–H and O–H groups in total. The highest BCUT2D eigenvalue weighted by Crippen LogP contribution is 2.22. The molecule has 0 aromatic heterocycles. The zero-order valence-corrected chi connectivity index (χ0v) is 12.3. The predicted octanol–water partition coefficient (Wildman–Crippen LogP) is 1.96. The van der Waals surface area contributed by atoms with Gasteiger partial charge in [-0.25, -0.2) is 0 Å². The van der Waals surface area contributed by atoms with Gasteiger partial charge < -0.3 is 15.4 Å². The number of nitrogens with two attached hydrogens (primary N) is 1. The van der Waals surface area contributed by atoms with Gasteiger partial charge in [0.2, 0.25) is 0 Å². The van der Waals surface area contributed by atoms with E-state index in [1.54, 1.807) is 0 Å². The molecule has 2 rings (SSSR count). The lowest BCUT2D eigenvalue weighted by Crippen LogP contribution is -2.50. The van der Waals surface area contributed by atoms with E-state index in [2.05, 4.69) is 6.92 Å². The van der Waals surface area contributed by atoms with Crippen LogP contribution in [0.25, 0.3) is 0 Å². The van der Waals surface area contributed by atoms with Gasteiger partial charge in [-0.2, -0.15) is 0 Å². The van der Waals surface area contributed by atoms with E-state index in [0.29, 0.717) is 12.5 Å². The summed E-state index contributed by atoms with van der Waals surface area (Å²) in [6, 6.07) is 7.91. The van der Waals surface area contributed by atoms with Crippen molar-refractivity contribution in [2.24, 2.45) is 11.7 Å². The minimum Gasteiger partial charge on any atom is -0.484 e. The standard InChI is InChI=1S/C16H24N2O2/c1-12-4-3-5-15(9-12)20-11-16(19)18-7-6-13(2)8-14(18)10-17/h3-5,9,13-14H,6-8,10-11,17H2,1-2H3. The minimum absolute atomic E-state index is 0.0360. The molecule has 20 heavy (non-hydrogen) atoms. The van der Waals surface area contributed by atoms with Gasteiger partial charge in [0.25, 0.3) is 5.91 Å². The number of piperidine rings is 1. The van der Waals surface area contributed by atoms with E-state index >= 15 is 0 Å². The number of carbonyl (C=O) groups excluding carboxylic acids is 1. The van der Waals surface area contributed by atoms with Crippen LogP contribution in [-0.2, 0) is 4.79 Å². The summed E-state index contributed by atoms with van der Waals surface area (Å²) in [6.07, 6.45) is 2.04. The second-order valence-electron chi connectivity index (χ2n) is 5.71. The minimum atomic E-state index is 0.0360. The summed E-state index contributed by atoms with van der Waals surface area (Å²) in [6.45, 7) is 5.63. The van der Waals surface area contributed by atoms with Crippen molar-refractivity contribution in [3.63, 3.8) is 0 Å². The van der Waals surface area contributed by atoms with Gasteiger partial charge in [0.05, 0.1) is 0 Å². The fourth-order valence-corrected chi connectivity index (χ4v) is 2.74. The molecule has 4 nitrogen and oxygen atoms in total. The number of likely N-dealkylation sites (tertiary alicyclic amines) is 1. The van der Waals surface area contributed by atoms with Crippen LogP contribution in [0.15, 0.2) is 24.3 Å². The maximum absolute atomic E-state index is 12.3. The van der Waals surface area contributed by atoms with E-state index in [4.69, 9.17) is 10.5 Å². The second kappa shape index (κ2) is 6.75. The van der Waals surface area contributed by atoms with Crippen LogP contribution in [0.5, 0.6) is 5.75 Å². The summed E-state index contributed by atoms with van der Waals surface area (Å²) in [7, 11) is 0. The summed E-state index contributed by atoms with van der Waals surface area (Å²) >= 11 is 0. The molecule has 2 unspecified atom stereocenters. The van der Waals surface area contributed by atoms with Gasteiger partial charge in [-0.15, -0.1) is 0 Å². The number of aryl methyl sites for hydroxylation is 1. The molecule has 0 spiro atoms. The van der Waals surface area contributed by atoms with Crippen molar-refractivity contribution in [2.75, 3.05) is 19.7 Å². The lowest BCUT2D eigenvalue weighted by Gasteiger charge is -2.37. The molecule has 110 valence electrons. The Morgan fingerprint density at radius 2 is 2.30 bits per heavy atom. The van der Waals surface area contributed by atoms with Crippen LogP contribution in [0.2, 0.25) is 0 Å². The second-order valence-corrected chi connectivity index (χ2v) is 5.71. The van der Waals surface area contributed by atoms with Gasteiger partial charge in [-0.05, 0) is 43.4 Å². The average Bonchev–Trinajstić information content (AvgIpc) is 2.44. The van der Waals surface area contributed by atoms with Crippen molar-refractivity contribution in [2.45, 2.75) is 32.7 Å². The van der Waals surface area contributed by atoms with E-state index < -0.39 is 0 Å². The van der Waals surface area contributed by atoms with Gasteiger partial charge in [0.15, 0.2) is 6.61 Å². The lowest BCUT2D eigenvalue weighted by atomic mass is 9.92. The number of hydrogen-bond donors (Lipinski definition) is 1. The maximum atomic E-state index is 12.3. The summed E-state index contributed by atoms with van der Waals surface area (Å²) in [5.41, 5.74) is 6.91. The highest BCUT2D eigenvalue weighted by atomic mass is 16.5. The molecule has 0 saturated carbocycles. The van der Waals surface area contributed by atoms with E-state index in [-0.39, 0.29) is 18.6 Å². The Kier molecular flexibility index (Phi) is 5.01. The fourth-order valence-electron chi connectivity index (χ4n) is 2.74. The van der Waals surface area contributed by atoms with Crippen LogP contribution in [0.4, 0.5) is 0 Å². The number of benzene rings is 1. The summed E-state index contributed by atoms with van der Waals surface area (Å²) in [4.78, 5) is 14.2. The first-order valence-electron chi connectivity index (χ1n) is 7.29. The topological polar surface area (TPSA) is 55.6 Å². The number of ether oxygens (including phenoxy) is 1. The molecule has 0 aliphatic carbocycles. The molecular weight excluding hydrogens is 252 g/mol. The molecule has 1 fully saturated rings. The van der Waals surface area contributed by atoms with Gasteiger partial charge in [0.1, 0.15) is 5.75 Å². The van der Waals surface area contributed by atoms with Crippen LogP contribution < -0.4 is 10.5 Å². The predicted molar refractivity (Wildman–Crippen MR) is 79.6 cm³/mol. The SMILES string of the molecule is Cc1cccc(OCC(=O)N2CCC(C)CC2CN)c1. The van der Waals surface area contributed by atoms with Crippen LogP contribution in [0.3, 0.4) is 0 Å². The van der Waals surface area contributed by atoms with Gasteiger partial charge in [-0.1, -0.05) is 19.1 Å². The molecule has 1 aromatic carbocycles. The number of rotatable bonds is 4. The third-order valence-electron chi connectivity index (χ3n) is 3.92. The summed E-state index contributed by atoms with van der Waals surface area (Å²) in [5, 5.41) is 0. The monoisotopic (exact) mass is 276 g/mol. The van der Waals surface area contributed by atoms with Crippen molar-refractivity contribution in [3.8, 4) is 5.75 Å². The van der Waals surface area contributed by atoms with Crippen LogP contribution in [0, 0.1) is 12.8 Å². The van der Waals surface area contributed by atoms with Crippen molar-refractivity contribution in [3.05, 3.63) is 29.8 Å². The third kappa shape index (κ3) is 3.73. The zero-order valence-electron chi connectivity index (χ0n) is 12.3. The quantitative estimate of drug-likeness (QED) is 0.914. The van der Waals surface area contributed by atoms with Crippen LogP contribution in [0.1, 0.15) is 25.3 Å². The number of carbonyl (C=O) groups is 1. The molecular formula is C16H24N2O2. The Balaban J connectivity index is 1.91. The number of hydrogen-bond acceptors (Lipinski definition) is 3. The van der Waals surface area contributed by atoms with Crippen molar-refractivity contribution in [1.29, 1.82) is 0 Å². The first kappa shape index (κ1) is 14.9. The third-order valence-corrected chi connectivity index (χ3v) is 3.92. The molecule has 2 atom stereocenters. The first-order valence-corrected chi connectivity index (χ1v) is 7.29. The number of nitrogens with zero attached hydrogens (tertiary/aromatic N) is 1. The van der Waals surface area contributed by atoms with Crippen LogP contribution in [-0.4, -0.2) is 36.5 Å². The van der Waals surface area contributed by atoms with Crippen LogP contribution >= 0.6 is 0 Å². The normalized spacial score (nSPS) is 22.6. The molecule has 1 heterocycles. The van der Waals surface area contributed by atoms with E-state index in [9.17, 15) is 4.79 Å². The maximum Gasteiger partial charge on any atom is 0.260 e.